The Morgan fingerprint density at radius 3 is 2.06 bits per heavy atom. The van der Waals surface area contributed by atoms with Crippen LogP contribution in [0, 0.1) is 0 Å². The van der Waals surface area contributed by atoms with Crippen LogP contribution in [0.3, 0.4) is 0 Å². The Morgan fingerprint density at radius 1 is 1.03 bits per heavy atom. The van der Waals surface area contributed by atoms with E-state index in [1.807, 2.05) is 48.5 Å². The number of carboxylic acids is 1. The van der Waals surface area contributed by atoms with Crippen LogP contribution in [-0.4, -0.2) is 85.4 Å². The van der Waals surface area contributed by atoms with Gasteiger partial charge < -0.3 is 25.0 Å². The minimum Gasteiger partial charge on any atom is -0.480 e. The Morgan fingerprint density at radius 2 is 1.57 bits per heavy atom. The highest BCUT2D eigenvalue weighted by Crippen LogP contribution is 2.44. The number of alkyl carbamates (subject to hydrolysis) is 1. The van der Waals surface area contributed by atoms with Gasteiger partial charge in [-0.3, -0.25) is 9.59 Å². The Kier molecular flexibility index (Phi) is 8.00. The fraction of sp³-hybridized carbons (Fsp3) is 0.375. The fourth-order valence-electron chi connectivity index (χ4n) is 4.14. The molecule has 2 N–H and O–H groups in total. The van der Waals surface area contributed by atoms with E-state index in [2.05, 4.69) is 5.32 Å². The van der Waals surface area contributed by atoms with Crippen molar-refractivity contribution < 1.29 is 37.4 Å². The highest BCUT2D eigenvalue weighted by Gasteiger charge is 2.37. The zero-order valence-electron chi connectivity index (χ0n) is 19.2. The van der Waals surface area contributed by atoms with E-state index in [1.165, 1.54) is 4.90 Å². The maximum absolute atomic E-state index is 12.9. The van der Waals surface area contributed by atoms with Gasteiger partial charge in [0.25, 0.3) is 0 Å². The number of nitrogens with zero attached hydrogens (tertiary/aromatic N) is 2. The summed E-state index contributed by atoms with van der Waals surface area (Å²) < 4.78 is 44.2. The molecule has 0 aromatic heterocycles. The molecule has 1 aliphatic carbocycles. The number of hydrogen-bond donors (Lipinski definition) is 2. The molecule has 0 saturated heterocycles. The Hall–Kier alpha value is -3.60. The van der Waals surface area contributed by atoms with Crippen LogP contribution in [0.25, 0.3) is 11.1 Å². The van der Waals surface area contributed by atoms with Gasteiger partial charge >= 0.3 is 18.2 Å². The highest BCUT2D eigenvalue weighted by atomic mass is 19.4. The Bertz CT molecular complexity index is 1040. The quantitative estimate of drug-likeness (QED) is 0.558. The number of benzene rings is 2. The lowest BCUT2D eigenvalue weighted by atomic mass is 9.98. The van der Waals surface area contributed by atoms with E-state index in [0.717, 1.165) is 22.3 Å². The number of carboxylic acid groups (broad SMARTS) is 1. The van der Waals surface area contributed by atoms with Gasteiger partial charge in [-0.15, -0.1) is 0 Å². The zero-order valence-corrected chi connectivity index (χ0v) is 19.2. The molecular weight excluding hydrogens is 467 g/mol. The second-order valence-electron chi connectivity index (χ2n) is 8.49. The van der Waals surface area contributed by atoms with Crippen molar-refractivity contribution in [2.24, 2.45) is 0 Å². The van der Waals surface area contributed by atoms with Gasteiger partial charge in [-0.2, -0.15) is 13.2 Å². The average Bonchev–Trinajstić information content (AvgIpc) is 3.08. The number of ether oxygens (including phenoxy) is 1. The number of amides is 2. The summed E-state index contributed by atoms with van der Waals surface area (Å²) in [5.41, 5.74) is 3.99. The van der Waals surface area contributed by atoms with Crippen molar-refractivity contribution in [3.8, 4) is 11.1 Å². The molecule has 0 aliphatic heterocycles. The summed E-state index contributed by atoms with van der Waals surface area (Å²) in [6, 6.07) is 13.9. The first-order valence-electron chi connectivity index (χ1n) is 10.8. The number of carbonyl (C=O) groups is 3. The third-order valence-corrected chi connectivity index (χ3v) is 5.49. The molecule has 0 radical (unpaired) electrons. The molecule has 2 aromatic rings. The van der Waals surface area contributed by atoms with Crippen molar-refractivity contribution in [2.75, 3.05) is 40.3 Å². The van der Waals surface area contributed by atoms with E-state index in [0.29, 0.717) is 0 Å². The molecule has 1 atom stereocenters. The van der Waals surface area contributed by atoms with Gasteiger partial charge in [0.05, 0.1) is 0 Å². The lowest BCUT2D eigenvalue weighted by Crippen LogP contribution is -2.55. The molecule has 1 unspecified atom stereocenters. The van der Waals surface area contributed by atoms with Gasteiger partial charge in [0.15, 0.2) is 0 Å². The van der Waals surface area contributed by atoms with Crippen molar-refractivity contribution in [1.82, 2.24) is 15.1 Å². The van der Waals surface area contributed by atoms with Crippen LogP contribution in [0.1, 0.15) is 17.0 Å². The van der Waals surface area contributed by atoms with Gasteiger partial charge in [-0.1, -0.05) is 48.5 Å². The second-order valence-corrected chi connectivity index (χ2v) is 8.49. The average molecular weight is 493 g/mol. The third kappa shape index (κ3) is 6.72. The summed E-state index contributed by atoms with van der Waals surface area (Å²) in [4.78, 5) is 38.0. The fourth-order valence-corrected chi connectivity index (χ4v) is 4.14. The van der Waals surface area contributed by atoms with Gasteiger partial charge in [-0.05, 0) is 36.3 Å². The van der Waals surface area contributed by atoms with E-state index in [4.69, 9.17) is 9.84 Å². The monoisotopic (exact) mass is 493 g/mol. The predicted molar refractivity (Wildman–Crippen MR) is 121 cm³/mol. The Balaban J connectivity index is 1.72. The van der Waals surface area contributed by atoms with Crippen LogP contribution in [0.4, 0.5) is 18.0 Å². The number of aliphatic carboxylic acids is 1. The molecule has 8 nitrogen and oxygen atoms in total. The largest absolute Gasteiger partial charge is 0.480 e. The predicted octanol–water partition coefficient (Wildman–Crippen LogP) is 2.93. The van der Waals surface area contributed by atoms with Crippen molar-refractivity contribution in [3.05, 3.63) is 59.7 Å². The lowest BCUT2D eigenvalue weighted by Gasteiger charge is -2.28. The van der Waals surface area contributed by atoms with E-state index in [-0.39, 0.29) is 24.0 Å². The summed E-state index contributed by atoms with van der Waals surface area (Å²) in [6.45, 7) is -3.12. The van der Waals surface area contributed by atoms with E-state index < -0.39 is 43.3 Å². The van der Waals surface area contributed by atoms with Gasteiger partial charge in [-0.25, -0.2) is 4.79 Å². The molecule has 0 bridgehead atoms. The number of halogens is 3. The molecule has 3 rings (SSSR count). The van der Waals surface area contributed by atoms with E-state index in [9.17, 15) is 27.6 Å². The highest BCUT2D eigenvalue weighted by molar-refractivity contribution is 5.88. The first-order chi connectivity index (χ1) is 16.5. The summed E-state index contributed by atoms with van der Waals surface area (Å²) in [6.07, 6.45) is -5.80. The van der Waals surface area contributed by atoms with Crippen LogP contribution in [0.2, 0.25) is 0 Å². The molecule has 0 spiro atoms. The zero-order chi connectivity index (χ0) is 25.8. The molecule has 11 heteroatoms. The standard InChI is InChI=1S/C24H26F3N3O5/c1-29(2)11-20(22(33)30(12-21(31)32)14-24(25,26)27)28-23(34)35-13-19-17-9-5-3-7-15(17)16-8-4-6-10-18(16)19/h3-10,19-20H,11-14H2,1-2H3,(H,28,34)(H,31,32). The van der Waals surface area contributed by atoms with Gasteiger partial charge in [0.2, 0.25) is 5.91 Å². The van der Waals surface area contributed by atoms with Crippen molar-refractivity contribution >= 4 is 18.0 Å². The number of fused-ring (bicyclic) bond motifs is 3. The van der Waals surface area contributed by atoms with Gasteiger partial charge in [0.1, 0.15) is 25.7 Å². The van der Waals surface area contributed by atoms with Gasteiger partial charge in [0, 0.05) is 12.5 Å². The normalized spacial score (nSPS) is 13.7. The number of nitrogens with one attached hydrogen (secondary N) is 1. The van der Waals surface area contributed by atoms with Crippen LogP contribution in [0.5, 0.6) is 0 Å². The summed E-state index contributed by atoms with van der Waals surface area (Å²) in [7, 11) is 3.12. The Labute approximate surface area is 200 Å². The number of hydrogen-bond acceptors (Lipinski definition) is 5. The summed E-state index contributed by atoms with van der Waals surface area (Å²) in [5.74, 6) is -3.02. The minimum absolute atomic E-state index is 0.0515. The number of rotatable bonds is 9. The van der Waals surface area contributed by atoms with E-state index in [1.54, 1.807) is 14.1 Å². The van der Waals surface area contributed by atoms with Crippen LogP contribution in [-0.2, 0) is 14.3 Å². The van der Waals surface area contributed by atoms with Crippen LogP contribution < -0.4 is 5.32 Å². The molecule has 1 aliphatic rings. The molecule has 0 saturated carbocycles. The van der Waals surface area contributed by atoms with Crippen molar-refractivity contribution in [3.63, 3.8) is 0 Å². The molecule has 35 heavy (non-hydrogen) atoms. The number of likely N-dealkylation sites (N-methyl/N-ethyl adjacent to an activating group) is 1. The van der Waals surface area contributed by atoms with Crippen LogP contribution >= 0.6 is 0 Å². The van der Waals surface area contributed by atoms with Crippen LogP contribution in [0.15, 0.2) is 48.5 Å². The molecular formula is C24H26F3N3O5. The topological polar surface area (TPSA) is 99.2 Å². The molecule has 188 valence electrons. The first kappa shape index (κ1) is 26.0. The molecule has 0 heterocycles. The molecule has 2 amide bonds. The molecule has 2 aromatic carbocycles. The van der Waals surface area contributed by atoms with Crippen molar-refractivity contribution in [2.45, 2.75) is 18.1 Å². The third-order valence-electron chi connectivity index (χ3n) is 5.49. The first-order valence-corrected chi connectivity index (χ1v) is 10.8. The number of carbonyl (C=O) groups excluding carboxylic acids is 2. The van der Waals surface area contributed by atoms with E-state index >= 15 is 0 Å². The maximum atomic E-state index is 12.9. The minimum atomic E-state index is -4.81. The lowest BCUT2D eigenvalue weighted by molar-refractivity contribution is -0.166. The number of alkyl halides is 3. The second kappa shape index (κ2) is 10.8. The maximum Gasteiger partial charge on any atom is 0.407 e. The molecule has 0 fully saturated rings. The summed E-state index contributed by atoms with van der Waals surface area (Å²) >= 11 is 0. The summed E-state index contributed by atoms with van der Waals surface area (Å²) in [5, 5.41) is 11.3. The van der Waals surface area contributed by atoms with Crippen molar-refractivity contribution in [1.29, 1.82) is 0 Å². The smallest absolute Gasteiger partial charge is 0.407 e. The SMILES string of the molecule is CN(C)CC(NC(=O)OCC1c2ccccc2-c2ccccc21)C(=O)N(CC(=O)O)CC(F)(F)F.